The minimum Gasteiger partial charge on any atom is -0.351 e. The van der Waals surface area contributed by atoms with Crippen LogP contribution in [0.15, 0.2) is 24.3 Å². The molecule has 1 heterocycles. The van der Waals surface area contributed by atoms with E-state index >= 15 is 0 Å². The van der Waals surface area contributed by atoms with Gasteiger partial charge < -0.3 is 5.32 Å². The van der Waals surface area contributed by atoms with Gasteiger partial charge in [0.15, 0.2) is 0 Å². The molecule has 0 atom stereocenters. The van der Waals surface area contributed by atoms with Crippen LogP contribution in [0.4, 0.5) is 8.78 Å². The van der Waals surface area contributed by atoms with Crippen LogP contribution in [0, 0.1) is 12.8 Å². The first kappa shape index (κ1) is 18.8. The Morgan fingerprint density at radius 3 is 2.50 bits per heavy atom. The standard InChI is InChI=1S/C19H28F2N2O/c1-14-6-4-5-7-16(14)12-19(2,3)22-18(24)15-8-10-23(11-9-15)13-17(20)21/h4-7,15,17H,8-13H2,1-3H3,(H,22,24). The molecule has 0 spiro atoms. The highest BCUT2D eigenvalue weighted by molar-refractivity contribution is 5.79. The quantitative estimate of drug-likeness (QED) is 0.862. The molecule has 1 aromatic carbocycles. The molecule has 0 radical (unpaired) electrons. The number of amides is 1. The minimum atomic E-state index is -2.30. The number of piperidine rings is 1. The zero-order valence-electron chi connectivity index (χ0n) is 14.8. The molecule has 1 amide bonds. The van der Waals surface area contributed by atoms with E-state index in [2.05, 4.69) is 24.4 Å². The van der Waals surface area contributed by atoms with E-state index in [1.165, 1.54) is 11.1 Å². The summed E-state index contributed by atoms with van der Waals surface area (Å²) in [4.78, 5) is 14.3. The Morgan fingerprint density at radius 1 is 1.29 bits per heavy atom. The van der Waals surface area contributed by atoms with Crippen LogP contribution in [0.2, 0.25) is 0 Å². The first-order chi connectivity index (χ1) is 11.3. The molecule has 5 heteroatoms. The average molecular weight is 338 g/mol. The predicted octanol–water partition coefficient (Wildman–Crippen LogP) is 3.41. The van der Waals surface area contributed by atoms with Crippen LogP contribution in [0.3, 0.4) is 0 Å². The molecule has 1 aliphatic heterocycles. The predicted molar refractivity (Wildman–Crippen MR) is 92.3 cm³/mol. The molecule has 134 valence electrons. The Kier molecular flexibility index (Phi) is 6.33. The first-order valence-electron chi connectivity index (χ1n) is 8.64. The van der Waals surface area contributed by atoms with Crippen LogP contribution in [-0.4, -0.2) is 42.4 Å². The van der Waals surface area contributed by atoms with Crippen molar-refractivity contribution < 1.29 is 13.6 Å². The fraction of sp³-hybridized carbons (Fsp3) is 0.632. The van der Waals surface area contributed by atoms with Crippen LogP contribution in [-0.2, 0) is 11.2 Å². The number of hydrogen-bond donors (Lipinski definition) is 1. The van der Waals surface area contributed by atoms with Crippen molar-refractivity contribution in [1.29, 1.82) is 0 Å². The smallest absolute Gasteiger partial charge is 0.251 e. The summed E-state index contributed by atoms with van der Waals surface area (Å²) in [5.41, 5.74) is 2.12. The van der Waals surface area contributed by atoms with Gasteiger partial charge in [0.25, 0.3) is 6.43 Å². The highest BCUT2D eigenvalue weighted by atomic mass is 19.3. The van der Waals surface area contributed by atoms with Crippen molar-refractivity contribution in [3.05, 3.63) is 35.4 Å². The Balaban J connectivity index is 1.86. The number of rotatable bonds is 6. The van der Waals surface area contributed by atoms with E-state index < -0.39 is 6.43 Å². The van der Waals surface area contributed by atoms with Crippen LogP contribution >= 0.6 is 0 Å². The Bertz CT molecular complexity index is 552. The summed E-state index contributed by atoms with van der Waals surface area (Å²) in [6.07, 6.45) is -0.225. The molecule has 2 rings (SSSR count). The molecule has 0 aliphatic carbocycles. The van der Waals surface area contributed by atoms with E-state index in [1.54, 1.807) is 4.90 Å². The lowest BCUT2D eigenvalue weighted by molar-refractivity contribution is -0.128. The number of aryl methyl sites for hydroxylation is 1. The lowest BCUT2D eigenvalue weighted by Crippen LogP contribution is -2.50. The third-order valence-electron chi connectivity index (χ3n) is 4.71. The summed E-state index contributed by atoms with van der Waals surface area (Å²) >= 11 is 0. The monoisotopic (exact) mass is 338 g/mol. The van der Waals surface area contributed by atoms with Gasteiger partial charge in [0.05, 0.1) is 6.54 Å². The Morgan fingerprint density at radius 2 is 1.92 bits per heavy atom. The minimum absolute atomic E-state index is 0.0466. The van der Waals surface area contributed by atoms with Gasteiger partial charge in [0.2, 0.25) is 5.91 Å². The van der Waals surface area contributed by atoms with Crippen molar-refractivity contribution in [1.82, 2.24) is 10.2 Å². The number of likely N-dealkylation sites (tertiary alicyclic amines) is 1. The third kappa shape index (κ3) is 5.55. The molecule has 1 N–H and O–H groups in total. The number of nitrogens with one attached hydrogen (secondary N) is 1. The molecule has 1 aromatic rings. The number of halogens is 2. The van der Waals surface area contributed by atoms with E-state index in [0.29, 0.717) is 25.9 Å². The largest absolute Gasteiger partial charge is 0.351 e. The van der Waals surface area contributed by atoms with Gasteiger partial charge >= 0.3 is 0 Å². The van der Waals surface area contributed by atoms with Gasteiger partial charge in [0, 0.05) is 11.5 Å². The SMILES string of the molecule is Cc1ccccc1CC(C)(C)NC(=O)C1CCN(CC(F)F)CC1. The van der Waals surface area contributed by atoms with Gasteiger partial charge in [-0.05, 0) is 64.3 Å². The second-order valence-corrected chi connectivity index (χ2v) is 7.44. The van der Waals surface area contributed by atoms with Crippen molar-refractivity contribution in [3.8, 4) is 0 Å². The summed E-state index contributed by atoms with van der Waals surface area (Å²) in [7, 11) is 0. The van der Waals surface area contributed by atoms with E-state index in [0.717, 1.165) is 6.42 Å². The van der Waals surface area contributed by atoms with Gasteiger partial charge in [-0.15, -0.1) is 0 Å². The van der Waals surface area contributed by atoms with Gasteiger partial charge in [-0.1, -0.05) is 24.3 Å². The summed E-state index contributed by atoms with van der Waals surface area (Å²) in [5.74, 6) is -0.0275. The van der Waals surface area contributed by atoms with Crippen LogP contribution in [0.5, 0.6) is 0 Å². The van der Waals surface area contributed by atoms with Crippen molar-refractivity contribution in [2.24, 2.45) is 5.92 Å². The Labute approximate surface area is 143 Å². The molecule has 0 saturated carbocycles. The lowest BCUT2D eigenvalue weighted by atomic mass is 9.90. The maximum atomic E-state index is 12.5. The molecule has 1 aliphatic rings. The van der Waals surface area contributed by atoms with Gasteiger partial charge in [-0.3, -0.25) is 9.69 Å². The number of benzene rings is 1. The van der Waals surface area contributed by atoms with Crippen molar-refractivity contribution in [3.63, 3.8) is 0 Å². The molecule has 1 saturated heterocycles. The summed E-state index contributed by atoms with van der Waals surface area (Å²) < 4.78 is 24.8. The number of hydrogen-bond acceptors (Lipinski definition) is 2. The highest BCUT2D eigenvalue weighted by Crippen LogP contribution is 2.21. The molecule has 1 fully saturated rings. The van der Waals surface area contributed by atoms with E-state index in [9.17, 15) is 13.6 Å². The fourth-order valence-corrected chi connectivity index (χ4v) is 3.34. The number of nitrogens with zero attached hydrogens (tertiary/aromatic N) is 1. The second-order valence-electron chi connectivity index (χ2n) is 7.44. The fourth-order valence-electron chi connectivity index (χ4n) is 3.34. The molecule has 3 nitrogen and oxygen atoms in total. The summed E-state index contributed by atoms with van der Waals surface area (Å²) in [6.45, 7) is 7.09. The van der Waals surface area contributed by atoms with Crippen molar-refractivity contribution >= 4 is 5.91 Å². The number of carbonyl (C=O) groups excluding carboxylic acids is 1. The van der Waals surface area contributed by atoms with Crippen LogP contribution in [0.25, 0.3) is 0 Å². The topological polar surface area (TPSA) is 32.3 Å². The van der Waals surface area contributed by atoms with E-state index in [4.69, 9.17) is 0 Å². The zero-order valence-corrected chi connectivity index (χ0v) is 14.8. The van der Waals surface area contributed by atoms with Crippen LogP contribution < -0.4 is 5.32 Å². The average Bonchev–Trinajstić information content (AvgIpc) is 2.49. The number of carbonyl (C=O) groups is 1. The zero-order chi connectivity index (χ0) is 17.7. The van der Waals surface area contributed by atoms with E-state index in [-0.39, 0.29) is 23.9 Å². The molecule has 0 bridgehead atoms. The molecular formula is C19H28F2N2O. The maximum Gasteiger partial charge on any atom is 0.251 e. The van der Waals surface area contributed by atoms with Crippen molar-refractivity contribution in [2.75, 3.05) is 19.6 Å². The summed E-state index contributed by atoms with van der Waals surface area (Å²) in [6, 6.07) is 8.19. The van der Waals surface area contributed by atoms with Gasteiger partial charge in [-0.2, -0.15) is 0 Å². The van der Waals surface area contributed by atoms with Gasteiger partial charge in [-0.25, -0.2) is 8.78 Å². The normalized spacial score (nSPS) is 17.2. The van der Waals surface area contributed by atoms with Crippen molar-refractivity contribution in [2.45, 2.75) is 52.0 Å². The van der Waals surface area contributed by atoms with Crippen LogP contribution in [0.1, 0.15) is 37.8 Å². The molecular weight excluding hydrogens is 310 g/mol. The summed E-state index contributed by atoms with van der Waals surface area (Å²) in [5, 5.41) is 3.15. The van der Waals surface area contributed by atoms with E-state index in [1.807, 2.05) is 26.0 Å². The molecule has 24 heavy (non-hydrogen) atoms. The second kappa shape index (κ2) is 8.06. The third-order valence-corrected chi connectivity index (χ3v) is 4.71. The molecule has 0 unspecified atom stereocenters. The first-order valence-corrected chi connectivity index (χ1v) is 8.64. The van der Waals surface area contributed by atoms with Gasteiger partial charge in [0.1, 0.15) is 0 Å². The molecule has 0 aromatic heterocycles. The number of alkyl halides is 2. The maximum absolute atomic E-state index is 12.5. The lowest BCUT2D eigenvalue weighted by Gasteiger charge is -2.34. The highest BCUT2D eigenvalue weighted by Gasteiger charge is 2.30. The Hall–Kier alpha value is -1.49.